The third kappa shape index (κ3) is 3.99. The Hall–Kier alpha value is -1.81. The molecule has 24 heavy (non-hydrogen) atoms. The topological polar surface area (TPSA) is 45.5 Å². The van der Waals surface area contributed by atoms with E-state index in [1.807, 2.05) is 34.0 Å². The highest BCUT2D eigenvalue weighted by atomic mass is 16.3. The van der Waals surface area contributed by atoms with E-state index in [-0.39, 0.29) is 11.9 Å². The second-order valence-corrected chi connectivity index (χ2v) is 7.52. The maximum absolute atomic E-state index is 12.8. The number of hydrogen-bond acceptors (Lipinski definition) is 3. The molecule has 1 aromatic carbocycles. The van der Waals surface area contributed by atoms with Crippen LogP contribution in [0.1, 0.15) is 47.5 Å². The average molecular weight is 330 g/mol. The van der Waals surface area contributed by atoms with Gasteiger partial charge in [0.15, 0.2) is 5.76 Å². The van der Waals surface area contributed by atoms with Gasteiger partial charge in [-0.05, 0) is 58.3 Å². The molecule has 1 N–H and O–H groups in total. The number of nitrogens with one attached hydrogen (secondary N) is 1. The van der Waals surface area contributed by atoms with Crippen LogP contribution in [0.5, 0.6) is 0 Å². The van der Waals surface area contributed by atoms with Gasteiger partial charge < -0.3 is 14.6 Å². The van der Waals surface area contributed by atoms with Crippen molar-refractivity contribution in [2.45, 2.75) is 47.1 Å². The number of likely N-dealkylation sites (N-methyl/N-ethyl adjacent to an activating group) is 1. The van der Waals surface area contributed by atoms with Gasteiger partial charge in [-0.25, -0.2) is 0 Å². The van der Waals surface area contributed by atoms with Crippen LogP contribution in [0.4, 0.5) is 0 Å². The van der Waals surface area contributed by atoms with E-state index in [2.05, 4.69) is 37.1 Å². The molecule has 0 bridgehead atoms. The van der Waals surface area contributed by atoms with E-state index in [0.717, 1.165) is 40.6 Å². The minimum atomic E-state index is -0.116. The zero-order valence-corrected chi connectivity index (χ0v) is 16.0. The van der Waals surface area contributed by atoms with Gasteiger partial charge in [0.1, 0.15) is 5.58 Å². The molecule has 4 heteroatoms. The Morgan fingerprint density at radius 3 is 2.33 bits per heavy atom. The maximum atomic E-state index is 12.8. The fourth-order valence-corrected chi connectivity index (χ4v) is 3.33. The Balaban J connectivity index is 2.32. The van der Waals surface area contributed by atoms with Gasteiger partial charge in [0, 0.05) is 23.5 Å². The summed E-state index contributed by atoms with van der Waals surface area (Å²) in [5, 5.41) is 4.23. The van der Waals surface area contributed by atoms with Gasteiger partial charge in [0.25, 0.3) is 5.91 Å². The molecule has 0 spiro atoms. The largest absolute Gasteiger partial charge is 0.450 e. The van der Waals surface area contributed by atoms with Crippen molar-refractivity contribution >= 4 is 16.9 Å². The first-order valence-electron chi connectivity index (χ1n) is 8.65. The van der Waals surface area contributed by atoms with Crippen LogP contribution >= 0.6 is 0 Å². The first-order chi connectivity index (χ1) is 11.2. The van der Waals surface area contributed by atoms with Crippen molar-refractivity contribution in [1.82, 2.24) is 10.2 Å². The minimum Gasteiger partial charge on any atom is -0.450 e. The minimum absolute atomic E-state index is 0.113. The summed E-state index contributed by atoms with van der Waals surface area (Å²) in [7, 11) is 4.05. The Morgan fingerprint density at radius 1 is 1.17 bits per heavy atom. The molecule has 0 radical (unpaired) electrons. The zero-order valence-electron chi connectivity index (χ0n) is 16.0. The lowest BCUT2D eigenvalue weighted by atomic mass is 10.0. The van der Waals surface area contributed by atoms with E-state index in [1.165, 1.54) is 0 Å². The van der Waals surface area contributed by atoms with Gasteiger partial charge in [0.05, 0.1) is 0 Å². The molecule has 132 valence electrons. The van der Waals surface area contributed by atoms with Crippen LogP contribution in [0.25, 0.3) is 11.0 Å². The summed E-state index contributed by atoms with van der Waals surface area (Å²) in [4.78, 5) is 14.9. The number of fused-ring (bicyclic) bond motifs is 1. The lowest BCUT2D eigenvalue weighted by Crippen LogP contribution is -2.42. The number of amides is 1. The molecule has 0 aliphatic carbocycles. The number of carbonyl (C=O) groups excluding carboxylic acids is 1. The second-order valence-electron chi connectivity index (χ2n) is 7.52. The SMILES string of the molecule is Cc1ccc(C)c2c(C)c(C(=O)N[C@@H](CC(C)C)CN(C)C)oc12. The monoisotopic (exact) mass is 330 g/mol. The van der Waals surface area contributed by atoms with Crippen LogP contribution in [0.3, 0.4) is 0 Å². The van der Waals surface area contributed by atoms with Crippen LogP contribution in [0.15, 0.2) is 16.5 Å². The lowest BCUT2D eigenvalue weighted by Gasteiger charge is -2.23. The molecule has 0 unspecified atom stereocenters. The van der Waals surface area contributed by atoms with Crippen LogP contribution in [-0.4, -0.2) is 37.5 Å². The van der Waals surface area contributed by atoms with E-state index in [9.17, 15) is 4.79 Å². The van der Waals surface area contributed by atoms with Crippen molar-refractivity contribution in [1.29, 1.82) is 0 Å². The van der Waals surface area contributed by atoms with Gasteiger partial charge in [-0.2, -0.15) is 0 Å². The average Bonchev–Trinajstić information content (AvgIpc) is 2.80. The van der Waals surface area contributed by atoms with Gasteiger partial charge in [-0.3, -0.25) is 4.79 Å². The molecule has 0 fully saturated rings. The Bertz CT molecular complexity index is 719. The summed E-state index contributed by atoms with van der Waals surface area (Å²) in [5.74, 6) is 0.849. The highest BCUT2D eigenvalue weighted by Crippen LogP contribution is 2.30. The first-order valence-corrected chi connectivity index (χ1v) is 8.65. The van der Waals surface area contributed by atoms with E-state index in [4.69, 9.17) is 4.42 Å². The van der Waals surface area contributed by atoms with Gasteiger partial charge in [0.2, 0.25) is 0 Å². The predicted molar refractivity (Wildman–Crippen MR) is 99.7 cm³/mol. The normalized spacial score (nSPS) is 13.0. The van der Waals surface area contributed by atoms with E-state index >= 15 is 0 Å². The zero-order chi connectivity index (χ0) is 18.0. The fourth-order valence-electron chi connectivity index (χ4n) is 3.33. The summed E-state index contributed by atoms with van der Waals surface area (Å²) in [6, 6.07) is 4.23. The molecular formula is C20H30N2O2. The molecule has 1 aromatic heterocycles. The smallest absolute Gasteiger partial charge is 0.287 e. The molecule has 1 atom stereocenters. The quantitative estimate of drug-likeness (QED) is 0.868. The molecule has 2 aromatic rings. The summed E-state index contributed by atoms with van der Waals surface area (Å²) >= 11 is 0. The molecule has 2 rings (SSSR count). The van der Waals surface area contributed by atoms with Crippen LogP contribution in [0, 0.1) is 26.7 Å². The third-order valence-electron chi connectivity index (χ3n) is 4.37. The number of nitrogens with zero attached hydrogens (tertiary/aromatic N) is 1. The molecule has 0 saturated heterocycles. The van der Waals surface area contributed by atoms with Crippen molar-refractivity contribution in [3.05, 3.63) is 34.6 Å². The van der Waals surface area contributed by atoms with Crippen LogP contribution in [-0.2, 0) is 0 Å². The van der Waals surface area contributed by atoms with Crippen molar-refractivity contribution in [2.24, 2.45) is 5.92 Å². The van der Waals surface area contributed by atoms with Gasteiger partial charge in [-0.1, -0.05) is 26.0 Å². The Morgan fingerprint density at radius 2 is 1.79 bits per heavy atom. The van der Waals surface area contributed by atoms with E-state index in [1.54, 1.807) is 0 Å². The predicted octanol–water partition coefficient (Wildman–Crippen LogP) is 4.06. The standard InChI is InChI=1S/C20H30N2O2/c1-12(2)10-16(11-22(6)7)21-20(23)19-15(5)17-13(3)8-9-14(4)18(17)24-19/h8-9,12,16H,10-11H2,1-7H3,(H,21,23)/t16-/m0/s1. The van der Waals surface area contributed by atoms with Gasteiger partial charge in [-0.15, -0.1) is 0 Å². The molecule has 0 aliphatic heterocycles. The summed E-state index contributed by atoms with van der Waals surface area (Å²) in [6.45, 7) is 11.2. The molecular weight excluding hydrogens is 300 g/mol. The summed E-state index contributed by atoms with van der Waals surface area (Å²) in [6.07, 6.45) is 0.946. The molecule has 0 saturated carbocycles. The maximum Gasteiger partial charge on any atom is 0.287 e. The van der Waals surface area contributed by atoms with Crippen LogP contribution < -0.4 is 5.32 Å². The van der Waals surface area contributed by atoms with E-state index < -0.39 is 0 Å². The Labute approximate surface area is 145 Å². The lowest BCUT2D eigenvalue weighted by molar-refractivity contribution is 0.0897. The van der Waals surface area contributed by atoms with Crippen LogP contribution in [0.2, 0.25) is 0 Å². The second kappa shape index (κ2) is 7.39. The van der Waals surface area contributed by atoms with Crippen molar-refractivity contribution < 1.29 is 9.21 Å². The van der Waals surface area contributed by atoms with Gasteiger partial charge >= 0.3 is 0 Å². The molecule has 1 amide bonds. The number of hydrogen-bond donors (Lipinski definition) is 1. The molecule has 4 nitrogen and oxygen atoms in total. The summed E-state index contributed by atoms with van der Waals surface area (Å²) < 4.78 is 5.96. The first kappa shape index (κ1) is 18.5. The molecule has 0 aliphatic rings. The van der Waals surface area contributed by atoms with Crippen molar-refractivity contribution in [2.75, 3.05) is 20.6 Å². The Kier molecular flexibility index (Phi) is 5.70. The van der Waals surface area contributed by atoms with Crippen molar-refractivity contribution in [3.8, 4) is 0 Å². The third-order valence-corrected chi connectivity index (χ3v) is 4.37. The molecule has 1 heterocycles. The number of carbonyl (C=O) groups is 1. The van der Waals surface area contributed by atoms with E-state index in [0.29, 0.717) is 11.7 Å². The number of benzene rings is 1. The fraction of sp³-hybridized carbons (Fsp3) is 0.550. The number of rotatable bonds is 6. The number of furan rings is 1. The summed E-state index contributed by atoms with van der Waals surface area (Å²) in [5.41, 5.74) is 3.95. The van der Waals surface area contributed by atoms with Crippen molar-refractivity contribution in [3.63, 3.8) is 0 Å². The highest BCUT2D eigenvalue weighted by Gasteiger charge is 2.23. The highest BCUT2D eigenvalue weighted by molar-refractivity contribution is 6.00. The number of aryl methyl sites for hydroxylation is 3.